The maximum atomic E-state index is 13.6. The van der Waals surface area contributed by atoms with Crippen molar-refractivity contribution in [3.8, 4) is 34.5 Å². The van der Waals surface area contributed by atoms with Crippen molar-refractivity contribution in [2.24, 2.45) is 0 Å². The third kappa shape index (κ3) is 5.85. The Morgan fingerprint density at radius 3 is 1.27 bits per heavy atom. The zero-order valence-corrected chi connectivity index (χ0v) is 22.3. The lowest BCUT2D eigenvalue weighted by Crippen LogP contribution is -2.24. The maximum absolute atomic E-state index is 13.6. The van der Waals surface area contributed by atoms with Crippen LogP contribution < -0.4 is 28.4 Å². The first-order chi connectivity index (χ1) is 18.0. The van der Waals surface area contributed by atoms with Gasteiger partial charge in [-0.05, 0) is 60.0 Å². The number of hydrogen-bond donors (Lipinski definition) is 0. The highest BCUT2D eigenvalue weighted by atomic mass is 16.5. The predicted octanol–water partition coefficient (Wildman–Crippen LogP) is 5.22. The Hall–Kier alpha value is -4.07. The van der Waals surface area contributed by atoms with Gasteiger partial charge in [0.05, 0.1) is 55.2 Å². The smallest absolute Gasteiger partial charge is 0.314 e. The van der Waals surface area contributed by atoms with E-state index in [4.69, 9.17) is 33.2 Å². The predicted molar refractivity (Wildman–Crippen MR) is 140 cm³/mol. The van der Waals surface area contributed by atoms with Gasteiger partial charge in [0.1, 0.15) is 0 Å². The highest BCUT2D eigenvalue weighted by molar-refractivity contribution is 5.81. The summed E-state index contributed by atoms with van der Waals surface area (Å²) >= 11 is 0. The van der Waals surface area contributed by atoms with Gasteiger partial charge in [0.2, 0.25) is 0 Å². The average molecular weight is 511 g/mol. The summed E-state index contributed by atoms with van der Waals surface area (Å²) in [6.45, 7) is 2.01. The minimum atomic E-state index is -0.740. The van der Waals surface area contributed by atoms with Crippen molar-refractivity contribution in [3.05, 3.63) is 71.3 Å². The fourth-order valence-electron chi connectivity index (χ4n) is 4.41. The number of esters is 1. The van der Waals surface area contributed by atoms with Crippen molar-refractivity contribution >= 4 is 5.97 Å². The van der Waals surface area contributed by atoms with E-state index in [2.05, 4.69) is 0 Å². The largest absolute Gasteiger partial charge is 0.493 e. The van der Waals surface area contributed by atoms with Crippen LogP contribution in [-0.4, -0.2) is 55.2 Å². The van der Waals surface area contributed by atoms with E-state index in [9.17, 15) is 4.79 Å². The molecule has 0 aliphatic rings. The van der Waals surface area contributed by atoms with Gasteiger partial charge in [-0.2, -0.15) is 0 Å². The summed E-state index contributed by atoms with van der Waals surface area (Å²) in [5.74, 6) is 1.69. The molecule has 3 aromatic rings. The summed E-state index contributed by atoms with van der Waals surface area (Å²) in [7, 11) is 9.43. The van der Waals surface area contributed by atoms with Crippen LogP contribution in [-0.2, 0) is 9.53 Å². The fraction of sp³-hybridized carbons (Fsp3) is 0.345. The number of benzene rings is 3. The maximum Gasteiger partial charge on any atom is 0.314 e. The monoisotopic (exact) mass is 510 g/mol. The average Bonchev–Trinajstić information content (AvgIpc) is 2.94. The molecule has 0 fully saturated rings. The van der Waals surface area contributed by atoms with Crippen LogP contribution in [0.25, 0.3) is 0 Å². The molecule has 0 amide bonds. The minimum absolute atomic E-state index is 0.229. The van der Waals surface area contributed by atoms with Crippen molar-refractivity contribution < 1.29 is 38.0 Å². The van der Waals surface area contributed by atoms with Crippen molar-refractivity contribution in [1.29, 1.82) is 0 Å². The van der Waals surface area contributed by atoms with Gasteiger partial charge in [-0.25, -0.2) is 0 Å². The SMILES string of the molecule is CCOC(=O)C(c1ccc(OC)c(OC)c1)C(c1ccc(OC)c(OC)c1)c1ccc(OC)c(OC)c1. The number of ether oxygens (including phenoxy) is 7. The second-order valence-electron chi connectivity index (χ2n) is 8.05. The number of rotatable bonds is 12. The summed E-state index contributed by atoms with van der Waals surface area (Å²) in [4.78, 5) is 13.6. The Balaban J connectivity index is 2.32. The molecule has 0 heterocycles. The summed E-state index contributed by atoms with van der Waals surface area (Å²) in [6, 6.07) is 16.6. The van der Waals surface area contributed by atoms with Gasteiger partial charge >= 0.3 is 5.97 Å². The van der Waals surface area contributed by atoms with E-state index >= 15 is 0 Å². The lowest BCUT2D eigenvalue weighted by atomic mass is 9.76. The third-order valence-electron chi connectivity index (χ3n) is 6.17. The Kier molecular flexibility index (Phi) is 9.49. The first kappa shape index (κ1) is 27.5. The number of hydrogen-bond acceptors (Lipinski definition) is 8. The first-order valence-corrected chi connectivity index (χ1v) is 11.8. The molecule has 8 nitrogen and oxygen atoms in total. The topological polar surface area (TPSA) is 81.7 Å². The van der Waals surface area contributed by atoms with Gasteiger partial charge in [-0.15, -0.1) is 0 Å². The molecule has 0 bridgehead atoms. The normalized spacial score (nSPS) is 11.5. The fourth-order valence-corrected chi connectivity index (χ4v) is 4.41. The minimum Gasteiger partial charge on any atom is -0.493 e. The molecule has 0 aliphatic heterocycles. The molecular weight excluding hydrogens is 476 g/mol. The quantitative estimate of drug-likeness (QED) is 0.307. The van der Waals surface area contributed by atoms with Crippen LogP contribution in [0.4, 0.5) is 0 Å². The molecular formula is C29H34O8. The highest BCUT2D eigenvalue weighted by Gasteiger charge is 2.35. The van der Waals surface area contributed by atoms with Gasteiger partial charge in [0.25, 0.3) is 0 Å². The van der Waals surface area contributed by atoms with Crippen LogP contribution in [0.2, 0.25) is 0 Å². The molecule has 0 spiro atoms. The molecule has 0 radical (unpaired) electrons. The molecule has 3 aromatic carbocycles. The zero-order valence-electron chi connectivity index (χ0n) is 22.3. The van der Waals surface area contributed by atoms with Gasteiger partial charge < -0.3 is 33.2 Å². The van der Waals surface area contributed by atoms with Crippen LogP contribution in [0, 0.1) is 0 Å². The molecule has 1 unspecified atom stereocenters. The van der Waals surface area contributed by atoms with Gasteiger partial charge in [0, 0.05) is 5.92 Å². The molecule has 1 atom stereocenters. The first-order valence-electron chi connectivity index (χ1n) is 11.8. The number of carbonyl (C=O) groups is 1. The van der Waals surface area contributed by atoms with E-state index in [-0.39, 0.29) is 12.6 Å². The van der Waals surface area contributed by atoms with E-state index in [1.807, 2.05) is 42.5 Å². The molecule has 0 saturated carbocycles. The van der Waals surface area contributed by atoms with E-state index < -0.39 is 11.8 Å². The molecule has 0 aliphatic carbocycles. The second-order valence-corrected chi connectivity index (χ2v) is 8.05. The molecule has 37 heavy (non-hydrogen) atoms. The van der Waals surface area contributed by atoms with Crippen LogP contribution in [0.15, 0.2) is 54.6 Å². The Morgan fingerprint density at radius 2 is 0.919 bits per heavy atom. The summed E-state index contributed by atoms with van der Waals surface area (Å²) < 4.78 is 38.6. The van der Waals surface area contributed by atoms with Gasteiger partial charge in [-0.1, -0.05) is 18.2 Å². The van der Waals surface area contributed by atoms with Crippen LogP contribution in [0.5, 0.6) is 34.5 Å². The lowest BCUT2D eigenvalue weighted by molar-refractivity contribution is -0.145. The Morgan fingerprint density at radius 1 is 0.568 bits per heavy atom. The number of carbonyl (C=O) groups excluding carboxylic acids is 1. The standard InChI is InChI=1S/C29H34O8/c1-8-37-29(30)28(20-11-14-23(33-4)26(17-20)36-7)27(18-9-12-21(31-2)24(15-18)34-5)19-10-13-22(32-3)25(16-19)35-6/h9-17,27-28H,8H2,1-7H3. The van der Waals surface area contributed by atoms with E-state index in [0.29, 0.717) is 40.1 Å². The second kappa shape index (κ2) is 12.8. The molecule has 3 rings (SSSR count). The Labute approximate surface area is 218 Å². The third-order valence-corrected chi connectivity index (χ3v) is 6.17. The van der Waals surface area contributed by atoms with Crippen LogP contribution in [0.1, 0.15) is 35.4 Å². The number of methoxy groups -OCH3 is 6. The van der Waals surface area contributed by atoms with Crippen molar-refractivity contribution in [2.75, 3.05) is 49.3 Å². The molecule has 8 heteroatoms. The van der Waals surface area contributed by atoms with Crippen molar-refractivity contribution in [2.45, 2.75) is 18.8 Å². The Bertz CT molecular complexity index is 1150. The summed E-state index contributed by atoms with van der Waals surface area (Å²) in [6.07, 6.45) is 0. The van der Waals surface area contributed by atoms with E-state index in [0.717, 1.165) is 11.1 Å². The van der Waals surface area contributed by atoms with Gasteiger partial charge in [-0.3, -0.25) is 4.79 Å². The van der Waals surface area contributed by atoms with Crippen LogP contribution in [0.3, 0.4) is 0 Å². The van der Waals surface area contributed by atoms with Crippen molar-refractivity contribution in [1.82, 2.24) is 0 Å². The summed E-state index contributed by atoms with van der Waals surface area (Å²) in [5.41, 5.74) is 2.33. The molecule has 198 valence electrons. The molecule has 0 saturated heterocycles. The molecule has 0 N–H and O–H groups in total. The molecule has 0 aromatic heterocycles. The van der Waals surface area contributed by atoms with Crippen molar-refractivity contribution in [3.63, 3.8) is 0 Å². The van der Waals surface area contributed by atoms with E-state index in [1.165, 1.54) is 0 Å². The van der Waals surface area contributed by atoms with Gasteiger partial charge in [0.15, 0.2) is 34.5 Å². The highest BCUT2D eigenvalue weighted by Crippen LogP contribution is 2.45. The zero-order chi connectivity index (χ0) is 26.9. The van der Waals surface area contributed by atoms with E-state index in [1.54, 1.807) is 61.7 Å². The lowest BCUT2D eigenvalue weighted by Gasteiger charge is -2.28. The van der Waals surface area contributed by atoms with Crippen LogP contribution >= 0.6 is 0 Å². The summed E-state index contributed by atoms with van der Waals surface area (Å²) in [5, 5.41) is 0.